The third-order valence-corrected chi connectivity index (χ3v) is 4.83. The zero-order valence-corrected chi connectivity index (χ0v) is 14.0. The van der Waals surface area contributed by atoms with Gasteiger partial charge in [0.05, 0.1) is 5.69 Å². The van der Waals surface area contributed by atoms with Gasteiger partial charge in [-0.2, -0.15) is 5.10 Å². The van der Waals surface area contributed by atoms with Crippen molar-refractivity contribution < 1.29 is 4.79 Å². The van der Waals surface area contributed by atoms with E-state index in [9.17, 15) is 4.79 Å². The topological polar surface area (TPSA) is 74.8 Å². The number of aryl methyl sites for hydroxylation is 1. The van der Waals surface area contributed by atoms with Gasteiger partial charge < -0.3 is 4.90 Å². The Kier molecular flexibility index (Phi) is 4.24. The summed E-state index contributed by atoms with van der Waals surface area (Å²) in [4.78, 5) is 23.4. The predicted molar refractivity (Wildman–Crippen MR) is 85.2 cm³/mol. The van der Waals surface area contributed by atoms with Crippen LogP contribution >= 0.6 is 11.3 Å². The number of H-pyrrole nitrogens is 1. The number of hydrogen-bond acceptors (Lipinski definition) is 5. The molecule has 3 rings (SSSR count). The number of aromatic amines is 1. The Labute approximate surface area is 134 Å². The van der Waals surface area contributed by atoms with Crippen LogP contribution in [0, 0.1) is 6.92 Å². The standard InChI is InChI=1S/C15H21N5OS/c1-9(2)12-8-22-14(17-12)15(21)20-6-4-5-11(7-20)13-16-10(3)18-19-13/h8-9,11H,4-7H2,1-3H3,(H,16,18,19)/t11-/m0/s1. The molecule has 22 heavy (non-hydrogen) atoms. The molecule has 0 bridgehead atoms. The van der Waals surface area contributed by atoms with Gasteiger partial charge in [-0.15, -0.1) is 11.3 Å². The summed E-state index contributed by atoms with van der Waals surface area (Å²) in [5.41, 5.74) is 0.992. The molecule has 3 heterocycles. The van der Waals surface area contributed by atoms with Crippen molar-refractivity contribution in [2.75, 3.05) is 13.1 Å². The fourth-order valence-electron chi connectivity index (χ4n) is 2.70. The van der Waals surface area contributed by atoms with Crippen LogP contribution in [-0.2, 0) is 0 Å². The Bertz CT molecular complexity index is 662. The van der Waals surface area contributed by atoms with Crippen molar-refractivity contribution in [1.29, 1.82) is 0 Å². The third kappa shape index (κ3) is 3.04. The number of aromatic nitrogens is 4. The van der Waals surface area contributed by atoms with E-state index in [-0.39, 0.29) is 11.8 Å². The fraction of sp³-hybridized carbons (Fsp3) is 0.600. The highest BCUT2D eigenvalue weighted by Crippen LogP contribution is 2.26. The number of nitrogens with one attached hydrogen (secondary N) is 1. The van der Waals surface area contributed by atoms with E-state index in [1.54, 1.807) is 0 Å². The molecule has 1 atom stereocenters. The minimum atomic E-state index is 0.0360. The molecule has 2 aromatic heterocycles. The van der Waals surface area contributed by atoms with Crippen LogP contribution in [0.15, 0.2) is 5.38 Å². The lowest BCUT2D eigenvalue weighted by molar-refractivity contribution is 0.0704. The van der Waals surface area contributed by atoms with E-state index in [1.807, 2.05) is 17.2 Å². The van der Waals surface area contributed by atoms with Crippen LogP contribution in [0.25, 0.3) is 0 Å². The highest BCUT2D eigenvalue weighted by molar-refractivity contribution is 7.11. The van der Waals surface area contributed by atoms with Crippen LogP contribution in [0.2, 0.25) is 0 Å². The number of nitrogens with zero attached hydrogens (tertiary/aromatic N) is 4. The number of likely N-dealkylation sites (tertiary alicyclic amines) is 1. The molecular formula is C15H21N5OS. The molecule has 118 valence electrons. The number of piperidine rings is 1. The molecule has 7 heteroatoms. The molecule has 1 fully saturated rings. The zero-order chi connectivity index (χ0) is 15.7. The summed E-state index contributed by atoms with van der Waals surface area (Å²) >= 11 is 1.44. The first-order chi connectivity index (χ1) is 10.5. The van der Waals surface area contributed by atoms with Gasteiger partial charge in [-0.25, -0.2) is 9.97 Å². The van der Waals surface area contributed by atoms with Gasteiger partial charge in [0, 0.05) is 24.4 Å². The van der Waals surface area contributed by atoms with Gasteiger partial charge in [0.1, 0.15) is 5.82 Å². The number of hydrogen-bond donors (Lipinski definition) is 1. The van der Waals surface area contributed by atoms with Gasteiger partial charge in [0.15, 0.2) is 10.8 Å². The van der Waals surface area contributed by atoms with Gasteiger partial charge in [-0.3, -0.25) is 9.89 Å². The Morgan fingerprint density at radius 1 is 1.45 bits per heavy atom. The molecule has 0 aliphatic carbocycles. The van der Waals surface area contributed by atoms with E-state index >= 15 is 0 Å². The largest absolute Gasteiger partial charge is 0.336 e. The fourth-order valence-corrected chi connectivity index (χ4v) is 3.65. The molecule has 1 amide bonds. The number of amides is 1. The molecule has 1 aliphatic rings. The molecule has 1 N–H and O–H groups in total. The monoisotopic (exact) mass is 319 g/mol. The summed E-state index contributed by atoms with van der Waals surface area (Å²) in [6.45, 7) is 7.53. The van der Waals surface area contributed by atoms with Gasteiger partial charge in [-0.1, -0.05) is 13.8 Å². The van der Waals surface area contributed by atoms with Crippen molar-refractivity contribution in [3.8, 4) is 0 Å². The summed E-state index contributed by atoms with van der Waals surface area (Å²) in [5, 5.41) is 9.71. The molecule has 0 saturated carbocycles. The SMILES string of the molecule is Cc1nc([C@H]2CCCN(C(=O)c3nc(C(C)C)cs3)C2)n[nH]1. The maximum atomic E-state index is 12.6. The highest BCUT2D eigenvalue weighted by Gasteiger charge is 2.29. The smallest absolute Gasteiger partial charge is 0.282 e. The average molecular weight is 319 g/mol. The third-order valence-electron chi connectivity index (χ3n) is 3.98. The quantitative estimate of drug-likeness (QED) is 0.944. The number of rotatable bonds is 3. The Morgan fingerprint density at radius 3 is 2.91 bits per heavy atom. The van der Waals surface area contributed by atoms with Crippen molar-refractivity contribution in [3.05, 3.63) is 27.7 Å². The minimum Gasteiger partial charge on any atom is -0.336 e. The summed E-state index contributed by atoms with van der Waals surface area (Å²) < 4.78 is 0. The van der Waals surface area contributed by atoms with E-state index in [0.717, 1.165) is 36.7 Å². The summed E-state index contributed by atoms with van der Waals surface area (Å²) in [5.74, 6) is 2.24. The van der Waals surface area contributed by atoms with Crippen molar-refractivity contribution in [3.63, 3.8) is 0 Å². The normalized spacial score (nSPS) is 18.9. The Morgan fingerprint density at radius 2 is 2.27 bits per heavy atom. The lowest BCUT2D eigenvalue weighted by atomic mass is 9.97. The molecule has 0 radical (unpaired) electrons. The molecule has 2 aromatic rings. The van der Waals surface area contributed by atoms with Crippen molar-refractivity contribution in [2.45, 2.75) is 45.4 Å². The van der Waals surface area contributed by atoms with E-state index in [1.165, 1.54) is 11.3 Å². The molecule has 6 nitrogen and oxygen atoms in total. The highest BCUT2D eigenvalue weighted by atomic mass is 32.1. The summed E-state index contributed by atoms with van der Waals surface area (Å²) in [6, 6.07) is 0. The first kappa shape index (κ1) is 15.1. The molecular weight excluding hydrogens is 298 g/mol. The van der Waals surface area contributed by atoms with Gasteiger partial charge in [0.2, 0.25) is 0 Å². The van der Waals surface area contributed by atoms with E-state index in [4.69, 9.17) is 0 Å². The first-order valence-electron chi connectivity index (χ1n) is 7.68. The van der Waals surface area contributed by atoms with Crippen molar-refractivity contribution >= 4 is 17.2 Å². The lowest BCUT2D eigenvalue weighted by Crippen LogP contribution is -2.39. The van der Waals surface area contributed by atoms with E-state index in [2.05, 4.69) is 34.0 Å². The van der Waals surface area contributed by atoms with Crippen LogP contribution in [0.3, 0.4) is 0 Å². The molecule has 1 saturated heterocycles. The van der Waals surface area contributed by atoms with Crippen LogP contribution < -0.4 is 0 Å². The average Bonchev–Trinajstić information content (AvgIpc) is 3.15. The second kappa shape index (κ2) is 6.16. The van der Waals surface area contributed by atoms with E-state index < -0.39 is 0 Å². The lowest BCUT2D eigenvalue weighted by Gasteiger charge is -2.30. The first-order valence-corrected chi connectivity index (χ1v) is 8.56. The molecule has 0 aromatic carbocycles. The maximum absolute atomic E-state index is 12.6. The Hall–Kier alpha value is -1.76. The number of carbonyl (C=O) groups excluding carboxylic acids is 1. The maximum Gasteiger partial charge on any atom is 0.282 e. The second-order valence-electron chi connectivity index (χ2n) is 6.10. The Balaban J connectivity index is 1.72. The minimum absolute atomic E-state index is 0.0360. The van der Waals surface area contributed by atoms with Crippen molar-refractivity contribution in [2.24, 2.45) is 0 Å². The van der Waals surface area contributed by atoms with Crippen molar-refractivity contribution in [1.82, 2.24) is 25.1 Å². The van der Waals surface area contributed by atoms with Crippen LogP contribution in [0.1, 0.15) is 65.7 Å². The molecule has 1 aliphatic heterocycles. The van der Waals surface area contributed by atoms with E-state index in [0.29, 0.717) is 17.5 Å². The van der Waals surface area contributed by atoms with Gasteiger partial charge in [-0.05, 0) is 25.7 Å². The molecule has 0 spiro atoms. The predicted octanol–water partition coefficient (Wildman–Crippen LogP) is 2.71. The van der Waals surface area contributed by atoms with Gasteiger partial charge >= 0.3 is 0 Å². The second-order valence-corrected chi connectivity index (χ2v) is 6.96. The van der Waals surface area contributed by atoms with Crippen LogP contribution in [-0.4, -0.2) is 44.1 Å². The summed E-state index contributed by atoms with van der Waals surface area (Å²) in [7, 11) is 0. The van der Waals surface area contributed by atoms with Gasteiger partial charge in [0.25, 0.3) is 5.91 Å². The van der Waals surface area contributed by atoms with Crippen LogP contribution in [0.4, 0.5) is 0 Å². The number of carbonyl (C=O) groups is 1. The zero-order valence-electron chi connectivity index (χ0n) is 13.2. The molecule has 0 unspecified atom stereocenters. The summed E-state index contributed by atoms with van der Waals surface area (Å²) in [6.07, 6.45) is 2.00. The van der Waals surface area contributed by atoms with Crippen LogP contribution in [0.5, 0.6) is 0 Å². The number of thiazole rings is 1.